The van der Waals surface area contributed by atoms with Gasteiger partial charge in [0.1, 0.15) is 0 Å². The third-order valence-electron chi connectivity index (χ3n) is 2.94. The van der Waals surface area contributed by atoms with Crippen LogP contribution in [0.3, 0.4) is 0 Å². The number of hydrogen-bond acceptors (Lipinski definition) is 2. The number of aryl methyl sites for hydroxylation is 1. The largest absolute Gasteiger partial charge is 0.347 e. The lowest BCUT2D eigenvalue weighted by atomic mass is 9.82. The summed E-state index contributed by atoms with van der Waals surface area (Å²) in [4.78, 5) is 11.8. The van der Waals surface area contributed by atoms with Crippen molar-refractivity contribution in [2.24, 2.45) is 11.1 Å². The Labute approximate surface area is 122 Å². The molecule has 0 heterocycles. The van der Waals surface area contributed by atoms with E-state index in [1.807, 2.05) is 12.1 Å². The predicted octanol–water partition coefficient (Wildman–Crippen LogP) is 2.97. The molecule has 19 heavy (non-hydrogen) atoms. The molecule has 0 spiro atoms. The number of benzene rings is 1. The lowest BCUT2D eigenvalue weighted by Crippen LogP contribution is -2.44. The zero-order chi connectivity index (χ0) is 13.9. The number of halogens is 1. The van der Waals surface area contributed by atoms with Crippen molar-refractivity contribution in [2.45, 2.75) is 46.7 Å². The highest BCUT2D eigenvalue weighted by Crippen LogP contribution is 2.33. The molecule has 0 bridgehead atoms. The molecule has 1 unspecified atom stereocenters. The summed E-state index contributed by atoms with van der Waals surface area (Å²) in [6, 6.07) is 7.70. The number of nitrogens with one attached hydrogen (secondary N) is 1. The minimum Gasteiger partial charge on any atom is -0.347 e. The highest BCUT2D eigenvalue weighted by molar-refractivity contribution is 5.85. The van der Waals surface area contributed by atoms with Crippen molar-refractivity contribution >= 4 is 18.3 Å². The zero-order valence-corrected chi connectivity index (χ0v) is 13.2. The molecular weight excluding hydrogens is 260 g/mol. The lowest BCUT2D eigenvalue weighted by molar-refractivity contribution is -0.123. The Kier molecular flexibility index (Phi) is 6.53. The monoisotopic (exact) mass is 284 g/mol. The van der Waals surface area contributed by atoms with Crippen LogP contribution in [0.5, 0.6) is 0 Å². The number of amides is 1. The van der Waals surface area contributed by atoms with Crippen LogP contribution in [0.4, 0.5) is 0 Å². The van der Waals surface area contributed by atoms with Crippen molar-refractivity contribution < 1.29 is 4.79 Å². The van der Waals surface area contributed by atoms with Crippen molar-refractivity contribution in [3.8, 4) is 0 Å². The predicted molar refractivity (Wildman–Crippen MR) is 82.4 cm³/mol. The van der Waals surface area contributed by atoms with Crippen molar-refractivity contribution in [3.63, 3.8) is 0 Å². The van der Waals surface area contributed by atoms with Gasteiger partial charge in [0.25, 0.3) is 0 Å². The van der Waals surface area contributed by atoms with Gasteiger partial charge in [-0.25, -0.2) is 0 Å². The Balaban J connectivity index is 0.00000324. The van der Waals surface area contributed by atoms with Crippen molar-refractivity contribution in [1.29, 1.82) is 0 Å². The molecule has 1 amide bonds. The van der Waals surface area contributed by atoms with E-state index >= 15 is 0 Å². The van der Waals surface area contributed by atoms with E-state index in [9.17, 15) is 4.79 Å². The second-order valence-corrected chi connectivity index (χ2v) is 6.01. The second kappa shape index (κ2) is 6.92. The number of carbonyl (C=O) groups is 1. The summed E-state index contributed by atoms with van der Waals surface area (Å²) < 4.78 is 0. The Morgan fingerprint density at radius 3 is 2.32 bits per heavy atom. The summed E-state index contributed by atoms with van der Waals surface area (Å²) >= 11 is 0. The van der Waals surface area contributed by atoms with E-state index in [0.717, 1.165) is 5.56 Å². The maximum absolute atomic E-state index is 11.8. The van der Waals surface area contributed by atoms with Gasteiger partial charge in [0.2, 0.25) is 5.91 Å². The van der Waals surface area contributed by atoms with Gasteiger partial charge in [-0.05, 0) is 24.8 Å². The summed E-state index contributed by atoms with van der Waals surface area (Å²) in [6.45, 7) is 10.1. The maximum Gasteiger partial charge on any atom is 0.237 e. The van der Waals surface area contributed by atoms with Crippen molar-refractivity contribution in [2.75, 3.05) is 0 Å². The average Bonchev–Trinajstić information content (AvgIpc) is 2.23. The second-order valence-electron chi connectivity index (χ2n) is 6.01. The van der Waals surface area contributed by atoms with Gasteiger partial charge in [-0.3, -0.25) is 4.79 Å². The first-order chi connectivity index (χ1) is 8.21. The number of carbonyl (C=O) groups excluding carboxylic acids is 1. The number of rotatable bonds is 3. The Bertz CT molecular complexity index is 424. The molecule has 0 saturated heterocycles. The van der Waals surface area contributed by atoms with Gasteiger partial charge < -0.3 is 11.1 Å². The molecule has 3 nitrogen and oxygen atoms in total. The van der Waals surface area contributed by atoms with E-state index in [4.69, 9.17) is 5.73 Å². The fourth-order valence-corrected chi connectivity index (χ4v) is 1.92. The molecule has 0 aromatic heterocycles. The normalized spacial score (nSPS) is 14.2. The molecule has 1 rings (SSSR count). The van der Waals surface area contributed by atoms with Crippen LogP contribution in [0, 0.1) is 12.3 Å². The molecule has 3 N–H and O–H groups in total. The van der Waals surface area contributed by atoms with Crippen LogP contribution in [0.2, 0.25) is 0 Å². The molecule has 0 aliphatic rings. The minimum atomic E-state index is -0.486. The fourth-order valence-electron chi connectivity index (χ4n) is 1.92. The van der Waals surface area contributed by atoms with Crippen LogP contribution in [-0.2, 0) is 4.79 Å². The van der Waals surface area contributed by atoms with E-state index in [1.165, 1.54) is 5.56 Å². The molecule has 0 aliphatic carbocycles. The summed E-state index contributed by atoms with van der Waals surface area (Å²) in [5.74, 6) is -0.114. The zero-order valence-electron chi connectivity index (χ0n) is 12.4. The standard InChI is InChI=1S/C15H24N2O.ClH/c1-10-7-6-8-12(9-10)13(15(3,4)5)17-14(18)11(2)16;/h6-9,11,13H,16H2,1-5H3,(H,17,18);1H/t11-,13?;/m1./s1. The van der Waals surface area contributed by atoms with Crippen molar-refractivity contribution in [3.05, 3.63) is 35.4 Å². The van der Waals surface area contributed by atoms with Gasteiger partial charge in [-0.2, -0.15) is 0 Å². The quantitative estimate of drug-likeness (QED) is 0.896. The van der Waals surface area contributed by atoms with Gasteiger partial charge in [0.05, 0.1) is 12.1 Å². The van der Waals surface area contributed by atoms with Crippen LogP contribution in [0.1, 0.15) is 44.9 Å². The van der Waals surface area contributed by atoms with Crippen LogP contribution in [0.25, 0.3) is 0 Å². The van der Waals surface area contributed by atoms with Crippen molar-refractivity contribution in [1.82, 2.24) is 5.32 Å². The van der Waals surface area contributed by atoms with E-state index in [1.54, 1.807) is 6.92 Å². The third-order valence-corrected chi connectivity index (χ3v) is 2.94. The van der Waals surface area contributed by atoms with Crippen LogP contribution in [-0.4, -0.2) is 11.9 Å². The summed E-state index contributed by atoms with van der Waals surface area (Å²) in [5.41, 5.74) is 7.88. The van der Waals surface area contributed by atoms with Gasteiger partial charge in [-0.1, -0.05) is 50.6 Å². The topological polar surface area (TPSA) is 55.1 Å². The molecule has 0 aliphatic heterocycles. The first kappa shape index (κ1) is 17.9. The Morgan fingerprint density at radius 1 is 1.32 bits per heavy atom. The molecule has 0 saturated carbocycles. The molecule has 108 valence electrons. The minimum absolute atomic E-state index is 0. The van der Waals surface area contributed by atoms with E-state index in [0.29, 0.717) is 0 Å². The highest BCUT2D eigenvalue weighted by Gasteiger charge is 2.28. The smallest absolute Gasteiger partial charge is 0.237 e. The number of nitrogens with two attached hydrogens (primary N) is 1. The SMILES string of the molecule is Cc1cccc(C(NC(=O)[C@@H](C)N)C(C)(C)C)c1.Cl. The molecule has 1 aromatic rings. The molecular formula is C15H25ClN2O. The lowest BCUT2D eigenvalue weighted by Gasteiger charge is -2.32. The summed E-state index contributed by atoms with van der Waals surface area (Å²) in [7, 11) is 0. The average molecular weight is 285 g/mol. The van der Waals surface area contributed by atoms with Gasteiger partial charge in [0, 0.05) is 0 Å². The first-order valence-corrected chi connectivity index (χ1v) is 6.34. The molecule has 2 atom stereocenters. The summed E-state index contributed by atoms with van der Waals surface area (Å²) in [5, 5.41) is 3.04. The van der Waals surface area contributed by atoms with E-state index in [2.05, 4.69) is 45.1 Å². The maximum atomic E-state index is 11.8. The highest BCUT2D eigenvalue weighted by atomic mass is 35.5. The van der Waals surface area contributed by atoms with E-state index in [-0.39, 0.29) is 29.8 Å². The van der Waals surface area contributed by atoms with Crippen LogP contribution < -0.4 is 11.1 Å². The van der Waals surface area contributed by atoms with Gasteiger partial charge >= 0.3 is 0 Å². The summed E-state index contributed by atoms with van der Waals surface area (Å²) in [6.07, 6.45) is 0. The third kappa shape index (κ3) is 5.21. The van der Waals surface area contributed by atoms with Gasteiger partial charge in [0.15, 0.2) is 0 Å². The molecule has 0 fully saturated rings. The first-order valence-electron chi connectivity index (χ1n) is 6.34. The Hall–Kier alpha value is -1.06. The molecule has 0 radical (unpaired) electrons. The molecule has 1 aromatic carbocycles. The molecule has 4 heteroatoms. The van der Waals surface area contributed by atoms with Crippen LogP contribution >= 0.6 is 12.4 Å². The Morgan fingerprint density at radius 2 is 1.89 bits per heavy atom. The van der Waals surface area contributed by atoms with E-state index < -0.39 is 6.04 Å². The fraction of sp³-hybridized carbons (Fsp3) is 0.533. The number of hydrogen-bond donors (Lipinski definition) is 2. The van der Waals surface area contributed by atoms with Gasteiger partial charge in [-0.15, -0.1) is 12.4 Å². The van der Waals surface area contributed by atoms with Crippen LogP contribution in [0.15, 0.2) is 24.3 Å².